The van der Waals surface area contributed by atoms with Crippen molar-refractivity contribution in [2.75, 3.05) is 13.7 Å². The molecule has 1 fully saturated rings. The van der Waals surface area contributed by atoms with Gasteiger partial charge < -0.3 is 14.2 Å². The van der Waals surface area contributed by atoms with E-state index in [-0.39, 0.29) is 12.3 Å². The van der Waals surface area contributed by atoms with Gasteiger partial charge >= 0.3 is 5.97 Å². The predicted octanol–water partition coefficient (Wildman–Crippen LogP) is 2.52. The summed E-state index contributed by atoms with van der Waals surface area (Å²) in [5.74, 6) is -0.328. The van der Waals surface area contributed by atoms with Gasteiger partial charge in [-0.1, -0.05) is 12.1 Å². The Bertz CT molecular complexity index is 397. The predicted molar refractivity (Wildman–Crippen MR) is 66.2 cm³/mol. The van der Waals surface area contributed by atoms with Gasteiger partial charge in [0.15, 0.2) is 6.29 Å². The molecule has 0 saturated carbocycles. The van der Waals surface area contributed by atoms with Crippen LogP contribution in [0.4, 0.5) is 0 Å². The van der Waals surface area contributed by atoms with Crippen LogP contribution in [-0.2, 0) is 20.8 Å². The van der Waals surface area contributed by atoms with E-state index >= 15 is 0 Å². The molecule has 1 heterocycles. The van der Waals surface area contributed by atoms with Crippen molar-refractivity contribution in [2.45, 2.75) is 32.2 Å². The fourth-order valence-corrected chi connectivity index (χ4v) is 1.94. The molecule has 0 radical (unpaired) electrons. The maximum atomic E-state index is 11.4. The summed E-state index contributed by atoms with van der Waals surface area (Å²) in [5, 5.41) is 0. The van der Waals surface area contributed by atoms with Gasteiger partial charge in [-0.25, -0.2) is 4.79 Å². The van der Waals surface area contributed by atoms with E-state index in [2.05, 4.69) is 4.74 Å². The van der Waals surface area contributed by atoms with Gasteiger partial charge in [-0.3, -0.25) is 0 Å². The molecule has 1 aliphatic rings. The third kappa shape index (κ3) is 3.55. The molecule has 1 atom stereocenters. The minimum Gasteiger partial charge on any atom is -0.465 e. The van der Waals surface area contributed by atoms with E-state index in [1.165, 1.54) is 7.11 Å². The summed E-state index contributed by atoms with van der Waals surface area (Å²) < 4.78 is 15.8. The first-order valence-corrected chi connectivity index (χ1v) is 6.20. The first-order chi connectivity index (χ1) is 8.79. The van der Waals surface area contributed by atoms with Crippen molar-refractivity contribution in [2.24, 2.45) is 0 Å². The van der Waals surface area contributed by atoms with Crippen molar-refractivity contribution in [3.63, 3.8) is 0 Å². The van der Waals surface area contributed by atoms with E-state index in [4.69, 9.17) is 9.47 Å². The van der Waals surface area contributed by atoms with Crippen molar-refractivity contribution < 1.29 is 19.0 Å². The van der Waals surface area contributed by atoms with Crippen LogP contribution < -0.4 is 0 Å². The summed E-state index contributed by atoms with van der Waals surface area (Å²) >= 11 is 0. The summed E-state index contributed by atoms with van der Waals surface area (Å²) in [6, 6.07) is 7.27. The number of carbonyl (C=O) groups excluding carboxylic acids is 1. The van der Waals surface area contributed by atoms with Gasteiger partial charge in [-0.05, 0) is 37.0 Å². The summed E-state index contributed by atoms with van der Waals surface area (Å²) in [6.45, 7) is 1.22. The molecule has 1 unspecified atom stereocenters. The third-order valence-corrected chi connectivity index (χ3v) is 2.92. The molecule has 0 aromatic heterocycles. The summed E-state index contributed by atoms with van der Waals surface area (Å²) in [5.41, 5.74) is 1.50. The maximum Gasteiger partial charge on any atom is 0.337 e. The van der Waals surface area contributed by atoms with Crippen LogP contribution in [0.25, 0.3) is 0 Å². The van der Waals surface area contributed by atoms with Crippen LogP contribution in [0.5, 0.6) is 0 Å². The van der Waals surface area contributed by atoms with Gasteiger partial charge in [0.25, 0.3) is 0 Å². The molecular weight excluding hydrogens is 232 g/mol. The van der Waals surface area contributed by atoms with Gasteiger partial charge in [-0.2, -0.15) is 0 Å². The molecule has 18 heavy (non-hydrogen) atoms. The van der Waals surface area contributed by atoms with Crippen molar-refractivity contribution >= 4 is 5.97 Å². The Kier molecular flexibility index (Phi) is 4.73. The average Bonchev–Trinajstić information content (AvgIpc) is 2.45. The number of methoxy groups -OCH3 is 1. The Morgan fingerprint density at radius 1 is 1.44 bits per heavy atom. The molecule has 4 heteroatoms. The average molecular weight is 250 g/mol. The van der Waals surface area contributed by atoms with E-state index in [9.17, 15) is 4.79 Å². The smallest absolute Gasteiger partial charge is 0.337 e. The molecule has 0 N–H and O–H groups in total. The number of benzene rings is 1. The lowest BCUT2D eigenvalue weighted by atomic mass is 10.1. The zero-order valence-corrected chi connectivity index (χ0v) is 10.6. The van der Waals surface area contributed by atoms with Gasteiger partial charge in [0.2, 0.25) is 0 Å². The molecular formula is C14H18O4. The molecule has 1 saturated heterocycles. The highest BCUT2D eigenvalue weighted by Gasteiger charge is 2.14. The minimum atomic E-state index is -0.328. The second-order valence-electron chi connectivity index (χ2n) is 4.30. The van der Waals surface area contributed by atoms with E-state index in [1.54, 1.807) is 12.1 Å². The molecule has 1 aliphatic heterocycles. The van der Waals surface area contributed by atoms with Gasteiger partial charge in [0, 0.05) is 6.61 Å². The summed E-state index contributed by atoms with van der Waals surface area (Å²) in [7, 11) is 1.38. The Labute approximate surface area is 107 Å². The highest BCUT2D eigenvalue weighted by atomic mass is 16.7. The number of carbonyl (C=O) groups is 1. The zero-order valence-electron chi connectivity index (χ0n) is 10.6. The lowest BCUT2D eigenvalue weighted by molar-refractivity contribution is -0.168. The second-order valence-corrected chi connectivity index (χ2v) is 4.30. The van der Waals surface area contributed by atoms with Gasteiger partial charge in [0.05, 0.1) is 19.3 Å². The molecule has 0 spiro atoms. The Hall–Kier alpha value is -1.39. The van der Waals surface area contributed by atoms with Crippen LogP contribution >= 0.6 is 0 Å². The minimum absolute atomic E-state index is 0.111. The Morgan fingerprint density at radius 3 is 3.06 bits per heavy atom. The van der Waals surface area contributed by atoms with Crippen molar-refractivity contribution in [1.82, 2.24) is 0 Å². The first-order valence-electron chi connectivity index (χ1n) is 6.20. The topological polar surface area (TPSA) is 44.8 Å². The highest BCUT2D eigenvalue weighted by molar-refractivity contribution is 5.89. The number of esters is 1. The van der Waals surface area contributed by atoms with E-state index in [1.807, 2.05) is 12.1 Å². The monoisotopic (exact) mass is 250 g/mol. The first kappa shape index (κ1) is 13.1. The zero-order chi connectivity index (χ0) is 12.8. The second kappa shape index (κ2) is 6.52. The summed E-state index contributed by atoms with van der Waals surface area (Å²) in [4.78, 5) is 11.4. The van der Waals surface area contributed by atoms with E-state index in [0.29, 0.717) is 12.2 Å². The van der Waals surface area contributed by atoms with Crippen LogP contribution in [0.2, 0.25) is 0 Å². The van der Waals surface area contributed by atoms with E-state index < -0.39 is 0 Å². The van der Waals surface area contributed by atoms with Crippen LogP contribution in [-0.4, -0.2) is 26.0 Å². The molecule has 0 aliphatic carbocycles. The van der Waals surface area contributed by atoms with Gasteiger partial charge in [-0.15, -0.1) is 0 Å². The molecule has 0 bridgehead atoms. The number of rotatable bonds is 4. The highest BCUT2D eigenvalue weighted by Crippen LogP contribution is 2.16. The van der Waals surface area contributed by atoms with Crippen LogP contribution in [0.1, 0.15) is 35.2 Å². The standard InChI is InChI=1S/C14H18O4/c1-16-14(15)12-6-4-5-11(9-12)10-18-13-7-2-3-8-17-13/h4-6,9,13H,2-3,7-8,10H2,1H3. The quantitative estimate of drug-likeness (QED) is 0.770. The Balaban J connectivity index is 1.90. The lowest BCUT2D eigenvalue weighted by Crippen LogP contribution is -2.22. The fourth-order valence-electron chi connectivity index (χ4n) is 1.94. The SMILES string of the molecule is COC(=O)c1cccc(COC2CCCCO2)c1. The molecule has 1 aromatic carbocycles. The number of hydrogen-bond donors (Lipinski definition) is 0. The number of ether oxygens (including phenoxy) is 3. The number of hydrogen-bond acceptors (Lipinski definition) is 4. The van der Waals surface area contributed by atoms with Crippen molar-refractivity contribution in [3.8, 4) is 0 Å². The summed E-state index contributed by atoms with van der Waals surface area (Å²) in [6.07, 6.45) is 3.09. The van der Waals surface area contributed by atoms with Gasteiger partial charge in [0.1, 0.15) is 0 Å². The Morgan fingerprint density at radius 2 is 2.33 bits per heavy atom. The van der Waals surface area contributed by atoms with Crippen molar-refractivity contribution in [1.29, 1.82) is 0 Å². The lowest BCUT2D eigenvalue weighted by Gasteiger charge is -2.22. The molecule has 98 valence electrons. The van der Waals surface area contributed by atoms with Crippen LogP contribution in [0, 0.1) is 0 Å². The normalized spacial score (nSPS) is 19.5. The van der Waals surface area contributed by atoms with Crippen molar-refractivity contribution in [3.05, 3.63) is 35.4 Å². The van der Waals surface area contributed by atoms with Crippen LogP contribution in [0.15, 0.2) is 24.3 Å². The molecule has 0 amide bonds. The molecule has 4 nitrogen and oxygen atoms in total. The van der Waals surface area contributed by atoms with Crippen LogP contribution in [0.3, 0.4) is 0 Å². The molecule has 2 rings (SSSR count). The maximum absolute atomic E-state index is 11.4. The third-order valence-electron chi connectivity index (χ3n) is 2.92. The molecule has 1 aromatic rings. The fraction of sp³-hybridized carbons (Fsp3) is 0.500. The largest absolute Gasteiger partial charge is 0.465 e. The van der Waals surface area contributed by atoms with E-state index in [0.717, 1.165) is 31.4 Å².